The molecule has 0 aliphatic rings. The van der Waals surface area contributed by atoms with Gasteiger partial charge in [-0.15, -0.1) is 5.10 Å². The summed E-state index contributed by atoms with van der Waals surface area (Å²) in [5, 5.41) is 7.07. The molecule has 0 radical (unpaired) electrons. The molecule has 0 fully saturated rings. The minimum absolute atomic E-state index is 0.0181. The maximum Gasteiger partial charge on any atom is 0.243 e. The van der Waals surface area contributed by atoms with Crippen LogP contribution in [0.15, 0.2) is 16.9 Å². The van der Waals surface area contributed by atoms with Crippen molar-refractivity contribution in [2.75, 3.05) is 5.32 Å². The Morgan fingerprint density at radius 1 is 1.50 bits per heavy atom. The molecule has 0 aliphatic carbocycles. The van der Waals surface area contributed by atoms with Gasteiger partial charge in [0.1, 0.15) is 10.1 Å². The number of aromatic nitrogens is 4. The number of halogens is 4. The van der Waals surface area contributed by atoms with Crippen molar-refractivity contribution in [2.24, 2.45) is 0 Å². The van der Waals surface area contributed by atoms with Crippen LogP contribution in [-0.2, 0) is 13.0 Å². The Labute approximate surface area is 154 Å². The van der Waals surface area contributed by atoms with Crippen LogP contribution in [0.25, 0.3) is 5.52 Å². The zero-order valence-corrected chi connectivity index (χ0v) is 15.7. The van der Waals surface area contributed by atoms with Crippen LogP contribution < -0.4 is 5.32 Å². The highest BCUT2D eigenvalue weighted by Crippen LogP contribution is 2.32. The number of hydrogen-bond donors (Lipinski definition) is 1. The third-order valence-electron chi connectivity index (χ3n) is 3.44. The monoisotopic (exact) mass is 435 g/mol. The van der Waals surface area contributed by atoms with E-state index in [-0.39, 0.29) is 29.5 Å². The third-order valence-corrected chi connectivity index (χ3v) is 5.16. The Bertz CT molecular complexity index is 853. The molecule has 0 spiro atoms. The average Bonchev–Trinajstić information content (AvgIpc) is 3.12. The predicted octanol–water partition coefficient (Wildman–Crippen LogP) is 4.64. The van der Waals surface area contributed by atoms with Gasteiger partial charge in [0, 0.05) is 16.6 Å². The molecular weight excluding hydrogens is 424 g/mol. The van der Waals surface area contributed by atoms with E-state index in [1.54, 1.807) is 6.20 Å². The predicted molar refractivity (Wildman–Crippen MR) is 94.0 cm³/mol. The molecule has 0 saturated heterocycles. The number of alkyl halides is 1. The summed E-state index contributed by atoms with van der Waals surface area (Å²) in [6, 6.07) is 1.86. The highest BCUT2D eigenvalue weighted by Gasteiger charge is 2.22. The molecule has 10 heteroatoms. The van der Waals surface area contributed by atoms with Crippen molar-refractivity contribution >= 4 is 50.4 Å². The summed E-state index contributed by atoms with van der Waals surface area (Å²) < 4.78 is 33.7. The van der Waals surface area contributed by atoms with Crippen molar-refractivity contribution in [3.8, 4) is 0 Å². The number of rotatable bonds is 6. The van der Waals surface area contributed by atoms with E-state index < -0.39 is 12.0 Å². The quantitative estimate of drug-likeness (QED) is 0.611. The Morgan fingerprint density at radius 2 is 2.29 bits per heavy atom. The molecule has 0 bridgehead atoms. The summed E-state index contributed by atoms with van der Waals surface area (Å²) in [5.74, 6) is -0.202. The summed E-state index contributed by atoms with van der Waals surface area (Å²) in [7, 11) is 0. The van der Waals surface area contributed by atoms with Crippen LogP contribution in [0, 0.1) is 5.82 Å². The molecule has 0 aliphatic heterocycles. The summed E-state index contributed by atoms with van der Waals surface area (Å²) in [6.07, 6.45) is 1.14. The van der Waals surface area contributed by atoms with Crippen LogP contribution in [0.2, 0.25) is 5.28 Å². The van der Waals surface area contributed by atoms with Gasteiger partial charge in [-0.2, -0.15) is 4.98 Å². The highest BCUT2D eigenvalue weighted by atomic mass is 79.9. The minimum Gasteiger partial charge on any atom is -0.363 e. The standard InChI is InChI=1S/C14H13BrClF2N5S/c1-7(17)2-3-9-10(18)11-13(19-6-8-4-5-20-24-8)21-14(16)22-23(11)12(9)15/h4-5,7H,2-3,6H2,1H3,(H,19,21,22). The summed E-state index contributed by atoms with van der Waals surface area (Å²) in [5.41, 5.74) is 0.536. The molecule has 3 rings (SSSR count). The maximum absolute atomic E-state index is 14.9. The first kappa shape index (κ1) is 17.5. The van der Waals surface area contributed by atoms with Gasteiger partial charge in [0.15, 0.2) is 11.6 Å². The first-order chi connectivity index (χ1) is 11.5. The van der Waals surface area contributed by atoms with E-state index in [0.717, 1.165) is 4.88 Å². The van der Waals surface area contributed by atoms with Gasteiger partial charge < -0.3 is 5.32 Å². The molecule has 1 atom stereocenters. The van der Waals surface area contributed by atoms with Crippen LogP contribution >= 0.6 is 39.1 Å². The van der Waals surface area contributed by atoms with Crippen LogP contribution in [0.4, 0.5) is 14.6 Å². The Balaban J connectivity index is 2.00. The smallest absolute Gasteiger partial charge is 0.243 e. The Morgan fingerprint density at radius 3 is 2.96 bits per heavy atom. The molecule has 0 amide bonds. The van der Waals surface area contributed by atoms with Crippen molar-refractivity contribution in [3.05, 3.63) is 38.4 Å². The number of anilines is 1. The molecule has 3 heterocycles. The van der Waals surface area contributed by atoms with E-state index in [0.29, 0.717) is 16.7 Å². The fourth-order valence-corrected chi connectivity index (χ4v) is 3.59. The van der Waals surface area contributed by atoms with E-state index in [9.17, 15) is 8.78 Å². The van der Waals surface area contributed by atoms with Gasteiger partial charge in [-0.05, 0) is 64.9 Å². The Kier molecular flexibility index (Phi) is 5.31. The summed E-state index contributed by atoms with van der Waals surface area (Å²) in [6.45, 7) is 1.88. The number of fused-ring (bicyclic) bond motifs is 1. The molecule has 3 aromatic rings. The minimum atomic E-state index is -1.02. The number of nitrogens with zero attached hydrogens (tertiary/aromatic N) is 4. The fraction of sp³-hybridized carbons (Fsp3) is 0.357. The van der Waals surface area contributed by atoms with E-state index in [1.165, 1.54) is 23.0 Å². The maximum atomic E-state index is 14.9. The van der Waals surface area contributed by atoms with E-state index in [2.05, 4.69) is 35.7 Å². The van der Waals surface area contributed by atoms with E-state index in [1.807, 2.05) is 6.07 Å². The first-order valence-electron chi connectivity index (χ1n) is 7.17. The van der Waals surface area contributed by atoms with E-state index >= 15 is 0 Å². The summed E-state index contributed by atoms with van der Waals surface area (Å²) >= 11 is 10.6. The largest absolute Gasteiger partial charge is 0.363 e. The summed E-state index contributed by atoms with van der Waals surface area (Å²) in [4.78, 5) is 5.06. The molecule has 128 valence electrons. The van der Waals surface area contributed by atoms with Gasteiger partial charge >= 0.3 is 0 Å². The molecule has 0 saturated carbocycles. The second-order valence-corrected chi connectivity index (χ2v) is 7.23. The van der Waals surface area contributed by atoms with Crippen LogP contribution in [0.1, 0.15) is 23.8 Å². The van der Waals surface area contributed by atoms with Gasteiger partial charge in [-0.25, -0.2) is 17.7 Å². The van der Waals surface area contributed by atoms with Gasteiger partial charge in [-0.1, -0.05) is 0 Å². The van der Waals surface area contributed by atoms with Gasteiger partial charge in [0.25, 0.3) is 0 Å². The lowest BCUT2D eigenvalue weighted by atomic mass is 10.1. The van der Waals surface area contributed by atoms with Crippen molar-refractivity contribution in [1.82, 2.24) is 19.0 Å². The SMILES string of the molecule is CC(F)CCc1c(F)c2c(NCc3ccns3)nc(Cl)nn2c1Br. The lowest BCUT2D eigenvalue weighted by Gasteiger charge is -2.06. The molecule has 1 unspecified atom stereocenters. The molecule has 1 N–H and O–H groups in total. The highest BCUT2D eigenvalue weighted by molar-refractivity contribution is 9.10. The molecule has 0 aromatic carbocycles. The Hall–Kier alpha value is -1.32. The van der Waals surface area contributed by atoms with E-state index in [4.69, 9.17) is 11.6 Å². The molecular formula is C14H13BrClF2N5S. The normalized spacial score (nSPS) is 12.7. The molecule has 24 heavy (non-hydrogen) atoms. The zero-order chi connectivity index (χ0) is 17.3. The first-order valence-corrected chi connectivity index (χ1v) is 9.11. The lowest BCUT2D eigenvalue weighted by Crippen LogP contribution is -2.05. The fourth-order valence-electron chi connectivity index (χ4n) is 2.28. The van der Waals surface area contributed by atoms with Crippen LogP contribution in [-0.4, -0.2) is 25.1 Å². The second-order valence-electron chi connectivity index (χ2n) is 5.22. The topological polar surface area (TPSA) is 55.1 Å². The van der Waals surface area contributed by atoms with Crippen molar-refractivity contribution in [3.63, 3.8) is 0 Å². The van der Waals surface area contributed by atoms with Crippen LogP contribution in [0.3, 0.4) is 0 Å². The van der Waals surface area contributed by atoms with Crippen molar-refractivity contribution in [1.29, 1.82) is 0 Å². The molecule has 5 nitrogen and oxygen atoms in total. The third kappa shape index (κ3) is 3.52. The average molecular weight is 437 g/mol. The second kappa shape index (κ2) is 7.28. The number of hydrogen-bond acceptors (Lipinski definition) is 5. The van der Waals surface area contributed by atoms with Gasteiger partial charge in [0.2, 0.25) is 5.28 Å². The lowest BCUT2D eigenvalue weighted by molar-refractivity contribution is 0.340. The number of nitrogens with one attached hydrogen (secondary N) is 1. The van der Waals surface area contributed by atoms with Crippen molar-refractivity contribution in [2.45, 2.75) is 32.5 Å². The van der Waals surface area contributed by atoms with Gasteiger partial charge in [-0.3, -0.25) is 0 Å². The van der Waals surface area contributed by atoms with Crippen LogP contribution in [0.5, 0.6) is 0 Å². The molecule has 3 aromatic heterocycles. The van der Waals surface area contributed by atoms with Gasteiger partial charge in [0.05, 0.1) is 12.7 Å². The van der Waals surface area contributed by atoms with Crippen molar-refractivity contribution < 1.29 is 8.78 Å². The zero-order valence-electron chi connectivity index (χ0n) is 12.6.